The van der Waals surface area contributed by atoms with E-state index in [0.29, 0.717) is 0 Å². The smallest absolute Gasteiger partial charge is 0.258 e. The van der Waals surface area contributed by atoms with Crippen molar-refractivity contribution in [3.8, 4) is 5.75 Å². The van der Waals surface area contributed by atoms with Crippen molar-refractivity contribution in [2.24, 2.45) is 0 Å². The number of hydrogen-bond donors (Lipinski definition) is 1. The van der Waals surface area contributed by atoms with Crippen LogP contribution in [0.4, 0.5) is 0 Å². The maximum absolute atomic E-state index is 12.2. The van der Waals surface area contributed by atoms with Crippen molar-refractivity contribution in [2.75, 3.05) is 7.11 Å². The molecule has 0 aliphatic heterocycles. The minimum absolute atomic E-state index is 0.329. The van der Waals surface area contributed by atoms with Crippen LogP contribution in [-0.4, -0.2) is 20.2 Å². The van der Waals surface area contributed by atoms with Crippen LogP contribution in [0.5, 0.6) is 5.75 Å². The van der Waals surface area contributed by atoms with Gasteiger partial charge in [0.25, 0.3) is 8.32 Å². The van der Waals surface area contributed by atoms with Gasteiger partial charge < -0.3 is 9.53 Å². The predicted molar refractivity (Wildman–Crippen MR) is 111 cm³/mol. The average Bonchev–Trinajstić information content (AvgIpc) is 2.68. The molecule has 0 fully saturated rings. The minimum atomic E-state index is -3.00. The van der Waals surface area contributed by atoms with Gasteiger partial charge in [0, 0.05) is 0 Å². The van der Waals surface area contributed by atoms with Crippen molar-refractivity contribution in [3.05, 3.63) is 90.5 Å². The van der Waals surface area contributed by atoms with Crippen LogP contribution < -0.4 is 15.1 Å². The second kappa shape index (κ2) is 7.48. The Labute approximate surface area is 157 Å². The summed E-state index contributed by atoms with van der Waals surface area (Å²) in [5, 5.41) is 1.74. The summed E-state index contributed by atoms with van der Waals surface area (Å²) >= 11 is 0. The van der Waals surface area contributed by atoms with Crippen LogP contribution in [0.25, 0.3) is 0 Å². The Balaban J connectivity index is 2.12. The van der Waals surface area contributed by atoms with Crippen molar-refractivity contribution < 1.29 is 9.53 Å². The molecule has 0 saturated carbocycles. The lowest BCUT2D eigenvalue weighted by Crippen LogP contribution is -2.65. The standard InChI is InChI=1S/C23H26O2Si/c1-23(2,18-19-12-10-11-17-22(19)25-3)26(24,20-13-6-4-7-14-20)21-15-8-5-9-16-21/h4-17,24H,18H2,1-3H3. The van der Waals surface area contributed by atoms with E-state index in [4.69, 9.17) is 4.74 Å². The summed E-state index contributed by atoms with van der Waals surface area (Å²) < 4.78 is 5.55. The lowest BCUT2D eigenvalue weighted by atomic mass is 10.0. The second-order valence-corrected chi connectivity index (χ2v) is 11.2. The maximum Gasteiger partial charge on any atom is 0.258 e. The Hall–Kier alpha value is -2.36. The number of benzene rings is 3. The highest BCUT2D eigenvalue weighted by Gasteiger charge is 2.50. The molecular weight excluding hydrogens is 336 g/mol. The molecule has 0 heterocycles. The third kappa shape index (κ3) is 3.33. The zero-order chi connectivity index (χ0) is 18.6. The third-order valence-corrected chi connectivity index (χ3v) is 9.66. The quantitative estimate of drug-likeness (QED) is 0.677. The van der Waals surface area contributed by atoms with Crippen LogP contribution in [0.15, 0.2) is 84.9 Å². The molecule has 0 bridgehead atoms. The first-order valence-electron chi connectivity index (χ1n) is 8.94. The molecule has 0 radical (unpaired) electrons. The number of methoxy groups -OCH3 is 1. The molecule has 134 valence electrons. The molecule has 0 spiro atoms. The van der Waals surface area contributed by atoms with Gasteiger partial charge >= 0.3 is 0 Å². The highest BCUT2D eigenvalue weighted by atomic mass is 28.4. The summed E-state index contributed by atoms with van der Waals surface area (Å²) in [7, 11) is -1.31. The summed E-state index contributed by atoms with van der Waals surface area (Å²) in [6.45, 7) is 4.34. The summed E-state index contributed by atoms with van der Waals surface area (Å²) in [4.78, 5) is 12.2. The molecule has 3 aromatic carbocycles. The van der Waals surface area contributed by atoms with Crippen molar-refractivity contribution in [1.29, 1.82) is 0 Å². The molecule has 26 heavy (non-hydrogen) atoms. The fourth-order valence-corrected chi connectivity index (χ4v) is 7.45. The van der Waals surface area contributed by atoms with Crippen LogP contribution in [0.2, 0.25) is 5.04 Å². The zero-order valence-corrected chi connectivity index (χ0v) is 16.6. The molecule has 3 heteroatoms. The van der Waals surface area contributed by atoms with Gasteiger partial charge in [-0.25, -0.2) is 0 Å². The van der Waals surface area contributed by atoms with Crippen molar-refractivity contribution in [3.63, 3.8) is 0 Å². The molecule has 1 N–H and O–H groups in total. The molecule has 0 amide bonds. The summed E-state index contributed by atoms with van der Waals surface area (Å²) in [6.07, 6.45) is 0.740. The van der Waals surface area contributed by atoms with E-state index in [9.17, 15) is 4.80 Å². The lowest BCUT2D eigenvalue weighted by molar-refractivity contribution is 0.404. The van der Waals surface area contributed by atoms with Crippen LogP contribution in [0.3, 0.4) is 0 Å². The van der Waals surface area contributed by atoms with Crippen LogP contribution in [0, 0.1) is 0 Å². The van der Waals surface area contributed by atoms with Gasteiger partial charge in [0.05, 0.1) is 7.11 Å². The largest absolute Gasteiger partial charge is 0.496 e. The number of para-hydroxylation sites is 1. The van der Waals surface area contributed by atoms with Crippen LogP contribution in [-0.2, 0) is 6.42 Å². The molecule has 3 aromatic rings. The average molecular weight is 363 g/mol. The summed E-state index contributed by atoms with van der Waals surface area (Å²) in [6, 6.07) is 28.3. The van der Waals surface area contributed by atoms with E-state index in [2.05, 4.69) is 44.2 Å². The van der Waals surface area contributed by atoms with E-state index < -0.39 is 8.32 Å². The van der Waals surface area contributed by atoms with Gasteiger partial charge in [-0.05, 0) is 33.5 Å². The highest BCUT2D eigenvalue weighted by Crippen LogP contribution is 2.40. The van der Waals surface area contributed by atoms with Crippen LogP contribution in [0.1, 0.15) is 19.4 Å². The molecule has 0 aliphatic rings. The Kier molecular flexibility index (Phi) is 5.30. The summed E-state index contributed by atoms with van der Waals surface area (Å²) in [5.41, 5.74) is 1.12. The lowest BCUT2D eigenvalue weighted by Gasteiger charge is -2.41. The van der Waals surface area contributed by atoms with E-state index in [-0.39, 0.29) is 5.04 Å². The van der Waals surface area contributed by atoms with Gasteiger partial charge in [0.2, 0.25) is 0 Å². The molecular formula is C23H26O2Si. The van der Waals surface area contributed by atoms with Crippen molar-refractivity contribution >= 4 is 18.7 Å². The van der Waals surface area contributed by atoms with Gasteiger partial charge in [-0.2, -0.15) is 0 Å². The SMILES string of the molecule is COc1ccccc1CC(C)(C)[Si](O)(c1ccccc1)c1ccccc1. The molecule has 3 rings (SSSR count). The van der Waals surface area contributed by atoms with E-state index in [1.165, 1.54) is 0 Å². The zero-order valence-electron chi connectivity index (χ0n) is 15.6. The van der Waals surface area contributed by atoms with Gasteiger partial charge in [-0.1, -0.05) is 92.7 Å². The number of ether oxygens (including phenoxy) is 1. The Morgan fingerprint density at radius 1 is 0.769 bits per heavy atom. The predicted octanol–water partition coefficient (Wildman–Crippen LogP) is 3.77. The first-order chi connectivity index (χ1) is 12.5. The monoisotopic (exact) mass is 362 g/mol. The Morgan fingerprint density at radius 2 is 1.23 bits per heavy atom. The highest BCUT2D eigenvalue weighted by molar-refractivity contribution is 6.98. The first kappa shape index (κ1) is 18.4. The van der Waals surface area contributed by atoms with E-state index in [1.807, 2.05) is 54.6 Å². The fraction of sp³-hybridized carbons (Fsp3) is 0.217. The van der Waals surface area contributed by atoms with Crippen LogP contribution >= 0.6 is 0 Å². The summed E-state index contributed by atoms with van der Waals surface area (Å²) in [5.74, 6) is 0.873. The molecule has 0 atom stereocenters. The number of rotatable bonds is 6. The van der Waals surface area contributed by atoms with E-state index >= 15 is 0 Å². The molecule has 0 unspecified atom stereocenters. The molecule has 0 aromatic heterocycles. The molecule has 2 nitrogen and oxygen atoms in total. The van der Waals surface area contributed by atoms with Gasteiger partial charge in [-0.3, -0.25) is 0 Å². The third-order valence-electron chi connectivity index (χ3n) is 5.19. The fourth-order valence-electron chi connectivity index (χ4n) is 3.76. The van der Waals surface area contributed by atoms with E-state index in [0.717, 1.165) is 28.1 Å². The minimum Gasteiger partial charge on any atom is -0.496 e. The maximum atomic E-state index is 12.2. The Bertz CT molecular complexity index is 805. The molecule has 0 saturated heterocycles. The second-order valence-electron chi connectivity index (χ2n) is 7.31. The first-order valence-corrected chi connectivity index (χ1v) is 10.9. The van der Waals surface area contributed by atoms with Crippen molar-refractivity contribution in [1.82, 2.24) is 0 Å². The van der Waals surface area contributed by atoms with Gasteiger partial charge in [-0.15, -0.1) is 0 Å². The van der Waals surface area contributed by atoms with Gasteiger partial charge in [0.1, 0.15) is 5.75 Å². The van der Waals surface area contributed by atoms with Crippen molar-refractivity contribution in [2.45, 2.75) is 25.3 Å². The topological polar surface area (TPSA) is 29.5 Å². The van der Waals surface area contributed by atoms with Gasteiger partial charge in [0.15, 0.2) is 0 Å². The normalized spacial score (nSPS) is 12.0. The number of hydrogen-bond acceptors (Lipinski definition) is 2. The molecule has 0 aliphatic carbocycles. The Morgan fingerprint density at radius 3 is 1.73 bits per heavy atom. The van der Waals surface area contributed by atoms with E-state index in [1.54, 1.807) is 7.11 Å².